The van der Waals surface area contributed by atoms with Crippen LogP contribution in [0.4, 0.5) is 5.95 Å². The molecule has 0 atom stereocenters. The molecule has 18 heavy (non-hydrogen) atoms. The van der Waals surface area contributed by atoms with Gasteiger partial charge in [0.05, 0.1) is 0 Å². The second kappa shape index (κ2) is 5.03. The molecular weight excluding hydrogens is 230 g/mol. The summed E-state index contributed by atoms with van der Waals surface area (Å²) in [5, 5.41) is 2.75. The number of pyridine rings is 1. The molecule has 6 nitrogen and oxygen atoms in total. The van der Waals surface area contributed by atoms with E-state index in [-0.39, 0.29) is 5.91 Å². The van der Waals surface area contributed by atoms with E-state index < -0.39 is 0 Å². The fourth-order valence-electron chi connectivity index (χ4n) is 1.83. The van der Waals surface area contributed by atoms with Crippen molar-refractivity contribution in [3.05, 3.63) is 17.8 Å². The highest BCUT2D eigenvalue weighted by atomic mass is 16.1. The average Bonchev–Trinajstić information content (AvgIpc) is 2.62. The first-order chi connectivity index (χ1) is 8.61. The van der Waals surface area contributed by atoms with Gasteiger partial charge in [0.15, 0.2) is 5.65 Å². The summed E-state index contributed by atoms with van der Waals surface area (Å²) in [6, 6.07) is 3.78. The van der Waals surface area contributed by atoms with Gasteiger partial charge in [-0.1, -0.05) is 0 Å². The lowest BCUT2D eigenvalue weighted by atomic mass is 10.3. The minimum absolute atomic E-state index is 0.00593. The maximum atomic E-state index is 11.4. The van der Waals surface area contributed by atoms with Crippen molar-refractivity contribution in [1.29, 1.82) is 0 Å². The Morgan fingerprint density at radius 2 is 2.22 bits per heavy atom. The molecule has 2 aromatic heterocycles. The SMILES string of the molecule is CCNC(=O)CCn1c(N)nc2ccc(C)nc21. The van der Waals surface area contributed by atoms with E-state index in [4.69, 9.17) is 5.73 Å². The van der Waals surface area contributed by atoms with Crippen molar-refractivity contribution in [2.45, 2.75) is 26.8 Å². The Labute approximate surface area is 105 Å². The number of hydrogen-bond donors (Lipinski definition) is 2. The molecule has 0 aliphatic rings. The van der Waals surface area contributed by atoms with Crippen molar-refractivity contribution < 1.29 is 4.79 Å². The van der Waals surface area contributed by atoms with Gasteiger partial charge in [-0.15, -0.1) is 0 Å². The summed E-state index contributed by atoms with van der Waals surface area (Å²) in [5.74, 6) is 0.402. The van der Waals surface area contributed by atoms with E-state index in [1.165, 1.54) is 0 Å². The van der Waals surface area contributed by atoms with Gasteiger partial charge in [0, 0.05) is 25.2 Å². The number of carbonyl (C=O) groups excluding carboxylic acids is 1. The normalized spacial score (nSPS) is 10.8. The van der Waals surface area contributed by atoms with Crippen molar-refractivity contribution in [2.75, 3.05) is 12.3 Å². The second-order valence-electron chi connectivity index (χ2n) is 4.12. The highest BCUT2D eigenvalue weighted by Crippen LogP contribution is 2.16. The van der Waals surface area contributed by atoms with E-state index in [0.29, 0.717) is 25.5 Å². The quantitative estimate of drug-likeness (QED) is 0.838. The van der Waals surface area contributed by atoms with Crippen LogP contribution in [0.1, 0.15) is 19.0 Å². The summed E-state index contributed by atoms with van der Waals surface area (Å²) in [7, 11) is 0. The van der Waals surface area contributed by atoms with E-state index in [1.54, 1.807) is 4.57 Å². The zero-order valence-electron chi connectivity index (χ0n) is 10.6. The Kier molecular flexibility index (Phi) is 3.45. The van der Waals surface area contributed by atoms with Gasteiger partial charge in [0.2, 0.25) is 11.9 Å². The van der Waals surface area contributed by atoms with E-state index in [0.717, 1.165) is 16.9 Å². The van der Waals surface area contributed by atoms with Crippen LogP contribution in [0.15, 0.2) is 12.1 Å². The third kappa shape index (κ3) is 2.42. The van der Waals surface area contributed by atoms with E-state index in [9.17, 15) is 4.79 Å². The molecule has 96 valence electrons. The average molecular weight is 247 g/mol. The molecule has 0 aromatic carbocycles. The lowest BCUT2D eigenvalue weighted by Crippen LogP contribution is -2.24. The Balaban J connectivity index is 2.24. The van der Waals surface area contributed by atoms with Crippen LogP contribution in [0.3, 0.4) is 0 Å². The number of anilines is 1. The predicted octanol–water partition coefficient (Wildman–Crippen LogP) is 0.848. The summed E-state index contributed by atoms with van der Waals surface area (Å²) < 4.78 is 1.78. The topological polar surface area (TPSA) is 85.8 Å². The third-order valence-corrected chi connectivity index (χ3v) is 2.70. The second-order valence-corrected chi connectivity index (χ2v) is 4.12. The molecule has 0 spiro atoms. The monoisotopic (exact) mass is 247 g/mol. The largest absolute Gasteiger partial charge is 0.369 e. The van der Waals surface area contributed by atoms with Crippen LogP contribution in [0, 0.1) is 6.92 Å². The van der Waals surface area contributed by atoms with Gasteiger partial charge < -0.3 is 11.1 Å². The molecule has 2 aromatic rings. The number of nitrogens with one attached hydrogen (secondary N) is 1. The molecule has 6 heteroatoms. The van der Waals surface area contributed by atoms with Crippen LogP contribution in [0.5, 0.6) is 0 Å². The van der Waals surface area contributed by atoms with Crippen molar-refractivity contribution in [1.82, 2.24) is 19.9 Å². The summed E-state index contributed by atoms with van der Waals surface area (Å²) in [6.07, 6.45) is 0.374. The fourth-order valence-corrected chi connectivity index (χ4v) is 1.83. The van der Waals surface area contributed by atoms with E-state index >= 15 is 0 Å². The first-order valence-electron chi connectivity index (χ1n) is 5.98. The highest BCUT2D eigenvalue weighted by molar-refractivity contribution is 5.77. The molecule has 0 aliphatic carbocycles. The number of hydrogen-bond acceptors (Lipinski definition) is 4. The van der Waals surface area contributed by atoms with Gasteiger partial charge in [-0.2, -0.15) is 0 Å². The lowest BCUT2D eigenvalue weighted by Gasteiger charge is -2.06. The Morgan fingerprint density at radius 3 is 2.94 bits per heavy atom. The summed E-state index contributed by atoms with van der Waals surface area (Å²) in [4.78, 5) is 20.1. The summed E-state index contributed by atoms with van der Waals surface area (Å²) in [5.41, 5.74) is 8.24. The van der Waals surface area contributed by atoms with Gasteiger partial charge >= 0.3 is 0 Å². The molecule has 0 fully saturated rings. The highest BCUT2D eigenvalue weighted by Gasteiger charge is 2.10. The molecule has 0 saturated carbocycles. The summed E-state index contributed by atoms with van der Waals surface area (Å²) >= 11 is 0. The molecular formula is C12H17N5O. The number of carbonyl (C=O) groups is 1. The predicted molar refractivity (Wildman–Crippen MR) is 70.0 cm³/mol. The summed E-state index contributed by atoms with van der Waals surface area (Å²) in [6.45, 7) is 4.93. The molecule has 0 radical (unpaired) electrons. The van der Waals surface area contributed by atoms with Crippen molar-refractivity contribution in [3.63, 3.8) is 0 Å². The van der Waals surface area contributed by atoms with Crippen LogP contribution >= 0.6 is 0 Å². The molecule has 0 bridgehead atoms. The number of rotatable bonds is 4. The number of nitrogens with zero attached hydrogens (tertiary/aromatic N) is 3. The number of nitrogen functional groups attached to an aromatic ring is 1. The van der Waals surface area contributed by atoms with Gasteiger partial charge in [0.25, 0.3) is 0 Å². The zero-order chi connectivity index (χ0) is 13.1. The van der Waals surface area contributed by atoms with Crippen LogP contribution in [-0.2, 0) is 11.3 Å². The number of aromatic nitrogens is 3. The van der Waals surface area contributed by atoms with Crippen LogP contribution in [0.2, 0.25) is 0 Å². The number of fused-ring (bicyclic) bond motifs is 1. The Bertz CT molecular complexity index is 575. The maximum Gasteiger partial charge on any atom is 0.221 e. The molecule has 0 saturated heterocycles. The van der Waals surface area contributed by atoms with Crippen LogP contribution in [-0.4, -0.2) is 27.0 Å². The van der Waals surface area contributed by atoms with Gasteiger partial charge in [-0.3, -0.25) is 9.36 Å². The zero-order valence-corrected chi connectivity index (χ0v) is 10.6. The van der Waals surface area contributed by atoms with Crippen molar-refractivity contribution >= 4 is 23.0 Å². The lowest BCUT2D eigenvalue weighted by molar-refractivity contribution is -0.121. The number of imidazole rings is 1. The van der Waals surface area contributed by atoms with Crippen LogP contribution in [0.25, 0.3) is 11.2 Å². The molecule has 0 aliphatic heterocycles. The van der Waals surface area contributed by atoms with Gasteiger partial charge in [-0.05, 0) is 26.0 Å². The number of nitrogens with two attached hydrogens (primary N) is 1. The minimum atomic E-state index is 0.00593. The standard InChI is InChI=1S/C12H17N5O/c1-3-14-10(18)6-7-17-11-9(16-12(17)13)5-4-8(2)15-11/h4-5H,3,6-7H2,1-2H3,(H2,13,16)(H,14,18). The Morgan fingerprint density at radius 1 is 1.44 bits per heavy atom. The number of amides is 1. The molecule has 2 rings (SSSR count). The van der Waals surface area contributed by atoms with Gasteiger partial charge in [-0.25, -0.2) is 9.97 Å². The van der Waals surface area contributed by atoms with Gasteiger partial charge in [0.1, 0.15) is 5.52 Å². The van der Waals surface area contributed by atoms with Crippen LogP contribution < -0.4 is 11.1 Å². The molecule has 0 unspecified atom stereocenters. The molecule has 1 amide bonds. The maximum absolute atomic E-state index is 11.4. The smallest absolute Gasteiger partial charge is 0.221 e. The van der Waals surface area contributed by atoms with E-state index in [1.807, 2.05) is 26.0 Å². The fraction of sp³-hybridized carbons (Fsp3) is 0.417. The first-order valence-corrected chi connectivity index (χ1v) is 5.98. The van der Waals surface area contributed by atoms with Crippen molar-refractivity contribution in [2.24, 2.45) is 0 Å². The molecule has 2 heterocycles. The number of aryl methyl sites for hydroxylation is 2. The minimum Gasteiger partial charge on any atom is -0.369 e. The van der Waals surface area contributed by atoms with Crippen molar-refractivity contribution in [3.8, 4) is 0 Å². The first kappa shape index (κ1) is 12.3. The van der Waals surface area contributed by atoms with E-state index in [2.05, 4.69) is 15.3 Å². The Hall–Kier alpha value is -2.11. The molecule has 3 N–H and O–H groups in total. The third-order valence-electron chi connectivity index (χ3n) is 2.70.